The van der Waals surface area contributed by atoms with E-state index in [0.29, 0.717) is 11.3 Å². The van der Waals surface area contributed by atoms with Crippen LogP contribution in [0.3, 0.4) is 0 Å². The molecule has 2 fully saturated rings. The second-order valence-corrected chi connectivity index (χ2v) is 9.19. The van der Waals surface area contributed by atoms with Crippen LogP contribution in [0, 0.1) is 0 Å². The van der Waals surface area contributed by atoms with E-state index in [-0.39, 0.29) is 18.3 Å². The summed E-state index contributed by atoms with van der Waals surface area (Å²) < 4.78 is 24.1. The third kappa shape index (κ3) is 6.00. The van der Waals surface area contributed by atoms with Gasteiger partial charge >= 0.3 is 0 Å². The molecular formula is C30H29NO7. The highest BCUT2D eigenvalue weighted by Crippen LogP contribution is 2.34. The van der Waals surface area contributed by atoms with Crippen molar-refractivity contribution in [3.05, 3.63) is 108 Å². The van der Waals surface area contributed by atoms with Gasteiger partial charge in [0.1, 0.15) is 30.1 Å². The predicted octanol–water partition coefficient (Wildman–Crippen LogP) is 3.67. The maximum absolute atomic E-state index is 12.3. The van der Waals surface area contributed by atoms with Crippen molar-refractivity contribution in [3.63, 3.8) is 0 Å². The number of ether oxygens (including phenoxy) is 4. The first-order chi connectivity index (χ1) is 18.5. The first kappa shape index (κ1) is 25.8. The van der Waals surface area contributed by atoms with Gasteiger partial charge in [-0.1, -0.05) is 78.9 Å². The van der Waals surface area contributed by atoms with E-state index in [1.807, 2.05) is 48.5 Å². The Morgan fingerprint density at radius 2 is 1.63 bits per heavy atom. The van der Waals surface area contributed by atoms with Gasteiger partial charge in [0.15, 0.2) is 12.1 Å². The van der Waals surface area contributed by atoms with Gasteiger partial charge in [-0.15, -0.1) is 0 Å². The van der Waals surface area contributed by atoms with Crippen LogP contribution in [0.4, 0.5) is 0 Å². The topological polar surface area (TPSA) is 103 Å². The van der Waals surface area contributed by atoms with Crippen LogP contribution in [-0.2, 0) is 19.0 Å². The number of ketones is 1. The molecule has 8 nitrogen and oxygen atoms in total. The van der Waals surface area contributed by atoms with Crippen molar-refractivity contribution in [2.24, 2.45) is 0 Å². The van der Waals surface area contributed by atoms with Gasteiger partial charge in [-0.25, -0.2) is 0 Å². The molecule has 196 valence electrons. The first-order valence-corrected chi connectivity index (χ1v) is 12.4. The van der Waals surface area contributed by atoms with Crippen LogP contribution in [0.1, 0.15) is 34.7 Å². The largest absolute Gasteiger partial charge is 0.463 e. The van der Waals surface area contributed by atoms with E-state index in [0.717, 1.165) is 11.1 Å². The molecule has 2 heterocycles. The molecule has 2 aliphatic heterocycles. The molecule has 5 rings (SSSR count). The SMILES string of the molecule is CC(=O)N[C@@H]1[C@H](Oc2ccc(/C=C/C(=O)c3ccccc3)cc2)O[C@@H]2CO[C@H](c3ccccc3)O[C@@H]2[C@H]1O. The van der Waals surface area contributed by atoms with Crippen LogP contribution in [0.15, 0.2) is 91.0 Å². The van der Waals surface area contributed by atoms with E-state index in [1.54, 1.807) is 42.5 Å². The minimum Gasteiger partial charge on any atom is -0.463 e. The Hall–Kier alpha value is -3.82. The van der Waals surface area contributed by atoms with Crippen molar-refractivity contribution >= 4 is 17.8 Å². The molecule has 0 spiro atoms. The number of allylic oxidation sites excluding steroid dienone is 1. The van der Waals surface area contributed by atoms with Crippen LogP contribution in [-0.4, -0.2) is 54.0 Å². The minimum atomic E-state index is -1.09. The lowest BCUT2D eigenvalue weighted by molar-refractivity contribution is -0.333. The smallest absolute Gasteiger partial charge is 0.223 e. The van der Waals surface area contributed by atoms with Crippen molar-refractivity contribution in [1.82, 2.24) is 5.32 Å². The fourth-order valence-electron chi connectivity index (χ4n) is 4.52. The number of fused-ring (bicyclic) bond motifs is 1. The van der Waals surface area contributed by atoms with E-state index in [2.05, 4.69) is 5.32 Å². The number of nitrogens with one attached hydrogen (secondary N) is 1. The Morgan fingerprint density at radius 1 is 0.947 bits per heavy atom. The summed E-state index contributed by atoms with van der Waals surface area (Å²) in [6.07, 6.45) is -0.789. The fourth-order valence-corrected chi connectivity index (χ4v) is 4.52. The van der Waals surface area contributed by atoms with Crippen LogP contribution in [0.2, 0.25) is 0 Å². The van der Waals surface area contributed by atoms with Crippen LogP contribution in [0.25, 0.3) is 6.08 Å². The van der Waals surface area contributed by atoms with Gasteiger partial charge in [0.2, 0.25) is 12.2 Å². The molecule has 0 unspecified atom stereocenters. The molecule has 3 aromatic rings. The van der Waals surface area contributed by atoms with Crippen LogP contribution in [0.5, 0.6) is 5.75 Å². The van der Waals surface area contributed by atoms with E-state index in [4.69, 9.17) is 18.9 Å². The molecule has 3 aromatic carbocycles. The lowest BCUT2D eigenvalue weighted by Gasteiger charge is -2.47. The molecule has 38 heavy (non-hydrogen) atoms. The summed E-state index contributed by atoms with van der Waals surface area (Å²) in [7, 11) is 0. The Balaban J connectivity index is 1.26. The molecule has 0 aromatic heterocycles. The Labute approximate surface area is 220 Å². The summed E-state index contributed by atoms with van der Waals surface area (Å²) >= 11 is 0. The number of aliphatic hydroxyl groups is 1. The number of carbonyl (C=O) groups is 2. The van der Waals surface area contributed by atoms with Gasteiger partial charge in [0.25, 0.3) is 0 Å². The lowest BCUT2D eigenvalue weighted by atomic mass is 9.95. The highest BCUT2D eigenvalue weighted by atomic mass is 16.7. The van der Waals surface area contributed by atoms with Crippen molar-refractivity contribution in [3.8, 4) is 5.75 Å². The molecule has 0 aliphatic carbocycles. The summed E-state index contributed by atoms with van der Waals surface area (Å²) in [4.78, 5) is 24.3. The second kappa shape index (κ2) is 11.7. The van der Waals surface area contributed by atoms with Crippen molar-refractivity contribution in [2.75, 3.05) is 6.61 Å². The molecule has 2 saturated heterocycles. The predicted molar refractivity (Wildman–Crippen MR) is 139 cm³/mol. The highest BCUT2D eigenvalue weighted by molar-refractivity contribution is 6.06. The zero-order chi connectivity index (χ0) is 26.5. The van der Waals surface area contributed by atoms with Crippen molar-refractivity contribution < 1.29 is 33.6 Å². The van der Waals surface area contributed by atoms with Gasteiger partial charge in [-0.3, -0.25) is 9.59 Å². The Morgan fingerprint density at radius 3 is 2.32 bits per heavy atom. The van der Waals surface area contributed by atoms with Crippen LogP contribution >= 0.6 is 0 Å². The number of benzene rings is 3. The number of hydrogen-bond donors (Lipinski definition) is 2. The summed E-state index contributed by atoms with van der Waals surface area (Å²) in [6, 6.07) is 24.7. The zero-order valence-electron chi connectivity index (χ0n) is 20.8. The van der Waals surface area contributed by atoms with Gasteiger partial charge in [0.05, 0.1) is 6.61 Å². The number of hydrogen-bond acceptors (Lipinski definition) is 7. The van der Waals surface area contributed by atoms with Crippen LogP contribution < -0.4 is 10.1 Å². The number of amides is 1. The summed E-state index contributed by atoms with van der Waals surface area (Å²) in [5.74, 6) is 0.0527. The quantitative estimate of drug-likeness (QED) is 0.366. The number of carbonyl (C=O) groups excluding carboxylic acids is 2. The minimum absolute atomic E-state index is 0.0883. The van der Waals surface area contributed by atoms with Gasteiger partial charge in [0, 0.05) is 18.1 Å². The normalized spacial score (nSPS) is 26.9. The number of rotatable bonds is 7. The zero-order valence-corrected chi connectivity index (χ0v) is 20.8. The lowest BCUT2D eigenvalue weighted by Crippen LogP contribution is -2.67. The molecule has 2 N–H and O–H groups in total. The third-order valence-electron chi connectivity index (χ3n) is 6.43. The third-order valence-corrected chi connectivity index (χ3v) is 6.43. The van der Waals surface area contributed by atoms with E-state index >= 15 is 0 Å². The summed E-state index contributed by atoms with van der Waals surface area (Å²) in [6.45, 7) is 1.55. The highest BCUT2D eigenvalue weighted by Gasteiger charge is 2.50. The molecule has 0 bridgehead atoms. The van der Waals surface area contributed by atoms with Gasteiger partial charge < -0.3 is 29.4 Å². The van der Waals surface area contributed by atoms with Gasteiger partial charge in [-0.05, 0) is 23.8 Å². The Kier molecular flexibility index (Phi) is 7.95. The van der Waals surface area contributed by atoms with E-state index in [9.17, 15) is 14.7 Å². The van der Waals surface area contributed by atoms with E-state index < -0.39 is 36.9 Å². The average molecular weight is 516 g/mol. The fraction of sp³-hybridized carbons (Fsp3) is 0.267. The van der Waals surface area contributed by atoms with Gasteiger partial charge in [-0.2, -0.15) is 0 Å². The average Bonchev–Trinajstić information content (AvgIpc) is 2.95. The summed E-state index contributed by atoms with van der Waals surface area (Å²) in [5, 5.41) is 13.9. The molecule has 6 atom stereocenters. The standard InChI is InChI=1S/C30H29NO7/c1-19(32)31-26-27(34)28-25(18-35-29(38-28)22-10-6-3-7-11-22)37-30(26)36-23-15-12-20(13-16-23)14-17-24(33)21-8-4-2-5-9-21/h2-17,25-30,34H,18H2,1H3,(H,31,32)/b17-14+/t25-,26+,27+,28+,29+,30-/m1/s1. The molecule has 2 aliphatic rings. The molecular weight excluding hydrogens is 486 g/mol. The molecule has 0 radical (unpaired) electrons. The second-order valence-electron chi connectivity index (χ2n) is 9.19. The monoisotopic (exact) mass is 515 g/mol. The number of aliphatic hydroxyl groups excluding tert-OH is 1. The maximum atomic E-state index is 12.3. The molecule has 8 heteroatoms. The molecule has 1 amide bonds. The van der Waals surface area contributed by atoms with E-state index in [1.165, 1.54) is 13.0 Å². The molecule has 0 saturated carbocycles. The summed E-state index contributed by atoms with van der Waals surface area (Å²) in [5.41, 5.74) is 2.25. The van der Waals surface area contributed by atoms with Crippen molar-refractivity contribution in [2.45, 2.75) is 43.9 Å². The van der Waals surface area contributed by atoms with Crippen molar-refractivity contribution in [1.29, 1.82) is 0 Å². The first-order valence-electron chi connectivity index (χ1n) is 12.4. The maximum Gasteiger partial charge on any atom is 0.223 e. The Bertz CT molecular complexity index is 1260.